The fourth-order valence-corrected chi connectivity index (χ4v) is 5.09. The van der Waals surface area contributed by atoms with E-state index in [0.29, 0.717) is 11.6 Å². The van der Waals surface area contributed by atoms with E-state index in [-0.39, 0.29) is 11.9 Å². The number of anilines is 1. The largest absolute Gasteiger partial charge is 0.371 e. The van der Waals surface area contributed by atoms with Crippen molar-refractivity contribution in [3.05, 3.63) is 52.8 Å². The summed E-state index contributed by atoms with van der Waals surface area (Å²) in [6.07, 6.45) is 6.61. The van der Waals surface area contributed by atoms with E-state index in [1.807, 2.05) is 22.9 Å². The summed E-state index contributed by atoms with van der Waals surface area (Å²) >= 11 is 1.55. The second-order valence-electron chi connectivity index (χ2n) is 8.36. The highest BCUT2D eigenvalue weighted by Gasteiger charge is 2.25. The van der Waals surface area contributed by atoms with Gasteiger partial charge in [0.2, 0.25) is 0 Å². The number of para-hydroxylation sites is 1. The molecule has 1 aromatic carbocycles. The van der Waals surface area contributed by atoms with E-state index < -0.39 is 0 Å². The number of rotatable bonds is 6. The monoisotopic (exact) mass is 410 g/mol. The maximum absolute atomic E-state index is 13.3. The van der Waals surface area contributed by atoms with Gasteiger partial charge in [-0.3, -0.25) is 9.20 Å². The molecule has 4 rings (SSSR count). The number of thiazole rings is 1. The van der Waals surface area contributed by atoms with E-state index >= 15 is 0 Å². The molecule has 1 aliphatic rings. The summed E-state index contributed by atoms with van der Waals surface area (Å²) in [5, 5.41) is 5.32. The normalized spacial score (nSPS) is 15.8. The minimum atomic E-state index is -0.0486. The number of piperidine rings is 1. The molecule has 1 amide bonds. The first kappa shape index (κ1) is 20.0. The molecule has 1 fully saturated rings. The maximum Gasteiger partial charge on any atom is 0.270 e. The standard InChI is InChI=1S/C23H30N4OS/c1-16(2)15-19(18-9-5-6-10-20(18)26-11-7-4-8-12-26)25-22(28)21-17(3)24-23-27(21)13-14-29-23/h5-6,9-10,13-14,16,19H,4,7-8,11-12,15H2,1-3H3,(H,25,28). The van der Waals surface area contributed by atoms with Crippen LogP contribution in [0, 0.1) is 12.8 Å². The van der Waals surface area contributed by atoms with Crippen molar-refractivity contribution in [3.63, 3.8) is 0 Å². The Morgan fingerprint density at radius 1 is 1.21 bits per heavy atom. The number of hydrogen-bond acceptors (Lipinski definition) is 4. The molecule has 3 heterocycles. The highest BCUT2D eigenvalue weighted by atomic mass is 32.1. The molecule has 0 saturated carbocycles. The number of imidazole rings is 1. The van der Waals surface area contributed by atoms with Gasteiger partial charge in [-0.15, -0.1) is 11.3 Å². The van der Waals surface area contributed by atoms with Gasteiger partial charge in [0.05, 0.1) is 11.7 Å². The van der Waals surface area contributed by atoms with Crippen LogP contribution in [-0.2, 0) is 0 Å². The first-order valence-corrected chi connectivity index (χ1v) is 11.5. The molecule has 3 aromatic rings. The number of carbonyl (C=O) groups excluding carboxylic acids is 1. The van der Waals surface area contributed by atoms with E-state index in [9.17, 15) is 4.79 Å². The number of aromatic nitrogens is 2. The molecule has 5 nitrogen and oxygen atoms in total. The number of aryl methyl sites for hydroxylation is 1. The topological polar surface area (TPSA) is 49.6 Å². The van der Waals surface area contributed by atoms with Crippen LogP contribution in [0.2, 0.25) is 0 Å². The maximum atomic E-state index is 13.3. The van der Waals surface area contributed by atoms with Crippen LogP contribution in [0.5, 0.6) is 0 Å². The lowest BCUT2D eigenvalue weighted by Crippen LogP contribution is -2.34. The van der Waals surface area contributed by atoms with E-state index in [1.165, 1.54) is 30.5 Å². The Kier molecular flexibility index (Phi) is 5.90. The second-order valence-corrected chi connectivity index (χ2v) is 9.24. The van der Waals surface area contributed by atoms with Gasteiger partial charge in [-0.1, -0.05) is 32.0 Å². The fraction of sp³-hybridized carbons (Fsp3) is 0.478. The zero-order valence-corrected chi connectivity index (χ0v) is 18.3. The lowest BCUT2D eigenvalue weighted by atomic mass is 9.94. The highest BCUT2D eigenvalue weighted by Crippen LogP contribution is 2.32. The first-order chi connectivity index (χ1) is 14.0. The van der Waals surface area contributed by atoms with Crippen LogP contribution >= 0.6 is 11.3 Å². The lowest BCUT2D eigenvalue weighted by Gasteiger charge is -2.33. The van der Waals surface area contributed by atoms with Crippen molar-refractivity contribution in [1.29, 1.82) is 0 Å². The van der Waals surface area contributed by atoms with Gasteiger partial charge in [0.25, 0.3) is 5.91 Å². The predicted octanol–water partition coefficient (Wildman–Crippen LogP) is 5.21. The molecule has 0 aliphatic carbocycles. The van der Waals surface area contributed by atoms with Crippen molar-refractivity contribution in [2.24, 2.45) is 5.92 Å². The van der Waals surface area contributed by atoms with Crippen molar-refractivity contribution in [2.45, 2.75) is 52.5 Å². The summed E-state index contributed by atoms with van der Waals surface area (Å²) in [5.41, 5.74) is 3.91. The highest BCUT2D eigenvalue weighted by molar-refractivity contribution is 7.15. The molecule has 0 bridgehead atoms. The van der Waals surface area contributed by atoms with Crippen LogP contribution in [-0.4, -0.2) is 28.4 Å². The van der Waals surface area contributed by atoms with Crippen LogP contribution in [0.25, 0.3) is 4.96 Å². The van der Waals surface area contributed by atoms with Crippen molar-refractivity contribution in [1.82, 2.24) is 14.7 Å². The first-order valence-electron chi connectivity index (χ1n) is 10.6. The number of fused-ring (bicyclic) bond motifs is 1. The lowest BCUT2D eigenvalue weighted by molar-refractivity contribution is 0.0925. The van der Waals surface area contributed by atoms with Gasteiger partial charge in [0.15, 0.2) is 4.96 Å². The van der Waals surface area contributed by atoms with E-state index in [1.54, 1.807) is 11.3 Å². The molecule has 1 saturated heterocycles. The molecule has 1 aliphatic heterocycles. The van der Waals surface area contributed by atoms with E-state index in [0.717, 1.165) is 30.2 Å². The summed E-state index contributed by atoms with van der Waals surface area (Å²) in [5.74, 6) is 0.426. The Balaban J connectivity index is 1.66. The SMILES string of the molecule is Cc1nc2sccn2c1C(=O)NC(CC(C)C)c1ccccc1N1CCCCC1. The van der Waals surface area contributed by atoms with Gasteiger partial charge >= 0.3 is 0 Å². The number of carbonyl (C=O) groups is 1. The minimum absolute atomic E-state index is 0.0239. The zero-order chi connectivity index (χ0) is 20.4. The van der Waals surface area contributed by atoms with Gasteiger partial charge in [0, 0.05) is 30.4 Å². The van der Waals surface area contributed by atoms with Crippen LogP contribution < -0.4 is 10.2 Å². The Morgan fingerprint density at radius 3 is 2.72 bits per heavy atom. The van der Waals surface area contributed by atoms with Crippen LogP contribution in [0.1, 0.15) is 67.3 Å². The van der Waals surface area contributed by atoms with Gasteiger partial charge in [-0.05, 0) is 50.2 Å². The van der Waals surface area contributed by atoms with Crippen molar-refractivity contribution in [2.75, 3.05) is 18.0 Å². The Labute approximate surface area is 176 Å². The fourth-order valence-electron chi connectivity index (χ4n) is 4.33. The minimum Gasteiger partial charge on any atom is -0.371 e. The molecule has 2 aromatic heterocycles. The van der Waals surface area contributed by atoms with Gasteiger partial charge in [-0.25, -0.2) is 4.98 Å². The van der Waals surface area contributed by atoms with Crippen LogP contribution in [0.4, 0.5) is 5.69 Å². The zero-order valence-electron chi connectivity index (χ0n) is 17.5. The molecule has 6 heteroatoms. The van der Waals surface area contributed by atoms with Gasteiger partial charge in [0.1, 0.15) is 5.69 Å². The molecule has 154 valence electrons. The molecule has 29 heavy (non-hydrogen) atoms. The molecule has 1 N–H and O–H groups in total. The quantitative estimate of drug-likeness (QED) is 0.607. The van der Waals surface area contributed by atoms with Crippen molar-refractivity contribution < 1.29 is 4.79 Å². The van der Waals surface area contributed by atoms with Crippen molar-refractivity contribution in [3.8, 4) is 0 Å². The third-order valence-corrected chi connectivity index (χ3v) is 6.43. The number of nitrogens with one attached hydrogen (secondary N) is 1. The van der Waals surface area contributed by atoms with Gasteiger partial charge in [-0.2, -0.15) is 0 Å². The molecule has 1 atom stereocenters. The summed E-state index contributed by atoms with van der Waals surface area (Å²) in [7, 11) is 0. The molecule has 0 spiro atoms. The summed E-state index contributed by atoms with van der Waals surface area (Å²) in [4.78, 5) is 21.2. The number of nitrogens with zero attached hydrogens (tertiary/aromatic N) is 3. The third kappa shape index (κ3) is 4.17. The molecular formula is C23H30N4OS. The Hall–Kier alpha value is -2.34. The average molecular weight is 411 g/mol. The summed E-state index contributed by atoms with van der Waals surface area (Å²) in [6.45, 7) is 8.52. The number of hydrogen-bond donors (Lipinski definition) is 1. The van der Waals surface area contributed by atoms with Crippen LogP contribution in [0.3, 0.4) is 0 Å². The van der Waals surface area contributed by atoms with E-state index in [2.05, 4.69) is 53.3 Å². The molecule has 0 radical (unpaired) electrons. The second kappa shape index (κ2) is 8.57. The summed E-state index contributed by atoms with van der Waals surface area (Å²) < 4.78 is 1.90. The smallest absolute Gasteiger partial charge is 0.270 e. The summed E-state index contributed by atoms with van der Waals surface area (Å²) in [6, 6.07) is 8.56. The van der Waals surface area contributed by atoms with E-state index in [4.69, 9.17) is 0 Å². The Bertz CT molecular complexity index is 984. The third-order valence-electron chi connectivity index (χ3n) is 5.67. The van der Waals surface area contributed by atoms with Crippen LogP contribution in [0.15, 0.2) is 35.8 Å². The predicted molar refractivity (Wildman–Crippen MR) is 120 cm³/mol. The number of benzene rings is 1. The number of amides is 1. The molecular weight excluding hydrogens is 380 g/mol. The average Bonchev–Trinajstić information content (AvgIpc) is 3.27. The Morgan fingerprint density at radius 2 is 1.97 bits per heavy atom. The van der Waals surface area contributed by atoms with Crippen molar-refractivity contribution >= 4 is 27.9 Å². The molecule has 1 unspecified atom stereocenters. The van der Waals surface area contributed by atoms with Gasteiger partial charge < -0.3 is 10.2 Å².